The van der Waals surface area contributed by atoms with Crippen LogP contribution in [0, 0.1) is 12.7 Å². The fourth-order valence-electron chi connectivity index (χ4n) is 2.31. The molecule has 2 rings (SSSR count). The van der Waals surface area contributed by atoms with Gasteiger partial charge in [-0.3, -0.25) is 4.90 Å². The number of nitrogens with zero attached hydrogens (tertiary/aromatic N) is 1. The summed E-state index contributed by atoms with van der Waals surface area (Å²) in [6.07, 6.45) is 0. The van der Waals surface area contributed by atoms with E-state index in [9.17, 15) is 4.39 Å². The number of benzene rings is 1. The molecule has 0 unspecified atom stereocenters. The van der Waals surface area contributed by atoms with E-state index in [2.05, 4.69) is 26.1 Å². The number of ether oxygens (including phenoxy) is 1. The van der Waals surface area contributed by atoms with Crippen molar-refractivity contribution in [2.24, 2.45) is 0 Å². The van der Waals surface area contributed by atoms with E-state index >= 15 is 0 Å². The van der Waals surface area contributed by atoms with Crippen molar-refractivity contribution in [3.63, 3.8) is 0 Å². The van der Waals surface area contributed by atoms with E-state index < -0.39 is 0 Å². The first-order valence-electron chi connectivity index (χ1n) is 6.08. The summed E-state index contributed by atoms with van der Waals surface area (Å²) in [6, 6.07) is 1.82. The zero-order valence-electron chi connectivity index (χ0n) is 10.7. The Kier molecular flexibility index (Phi) is 4.59. The quantitative estimate of drug-likeness (QED) is 0.926. The van der Waals surface area contributed by atoms with E-state index in [1.54, 1.807) is 14.0 Å². The number of piperazine rings is 1. The van der Waals surface area contributed by atoms with Gasteiger partial charge in [0.05, 0.1) is 11.6 Å². The van der Waals surface area contributed by atoms with Gasteiger partial charge in [0.25, 0.3) is 0 Å². The Balaban J connectivity index is 2.25. The lowest BCUT2D eigenvalue weighted by molar-refractivity contribution is 0.229. The molecule has 5 heteroatoms. The van der Waals surface area contributed by atoms with E-state index in [0.717, 1.165) is 38.3 Å². The molecule has 0 bridgehead atoms. The largest absolute Gasteiger partial charge is 0.496 e. The van der Waals surface area contributed by atoms with Gasteiger partial charge in [-0.2, -0.15) is 0 Å². The topological polar surface area (TPSA) is 24.5 Å². The summed E-state index contributed by atoms with van der Waals surface area (Å²) >= 11 is 3.26. The van der Waals surface area contributed by atoms with Crippen LogP contribution in [0.15, 0.2) is 10.5 Å². The molecule has 0 aliphatic carbocycles. The molecule has 0 atom stereocenters. The normalized spacial score (nSPS) is 16.9. The van der Waals surface area contributed by atoms with Gasteiger partial charge in [0.1, 0.15) is 11.6 Å². The van der Waals surface area contributed by atoms with Crippen molar-refractivity contribution in [3.05, 3.63) is 27.5 Å². The molecule has 1 fully saturated rings. The van der Waals surface area contributed by atoms with E-state index in [-0.39, 0.29) is 5.82 Å². The molecule has 0 saturated carbocycles. The molecule has 1 aliphatic rings. The molecule has 1 N–H and O–H groups in total. The fraction of sp³-hybridized carbons (Fsp3) is 0.538. The summed E-state index contributed by atoms with van der Waals surface area (Å²) in [7, 11) is 1.59. The molecule has 1 aromatic rings. The van der Waals surface area contributed by atoms with Crippen LogP contribution < -0.4 is 10.1 Å². The molecule has 3 nitrogen and oxygen atoms in total. The average molecular weight is 317 g/mol. The first-order chi connectivity index (χ1) is 8.63. The molecule has 1 saturated heterocycles. The van der Waals surface area contributed by atoms with Gasteiger partial charge in [-0.25, -0.2) is 4.39 Å². The number of hydrogen-bond acceptors (Lipinski definition) is 3. The highest BCUT2D eigenvalue weighted by Gasteiger charge is 2.18. The Morgan fingerprint density at radius 3 is 2.72 bits per heavy atom. The summed E-state index contributed by atoms with van der Waals surface area (Å²) in [5, 5.41) is 3.32. The number of nitrogens with one attached hydrogen (secondary N) is 1. The zero-order chi connectivity index (χ0) is 13.1. The third kappa shape index (κ3) is 2.84. The van der Waals surface area contributed by atoms with Crippen molar-refractivity contribution in [2.75, 3.05) is 33.3 Å². The summed E-state index contributed by atoms with van der Waals surface area (Å²) in [5.41, 5.74) is 1.60. The van der Waals surface area contributed by atoms with Gasteiger partial charge in [0.15, 0.2) is 0 Å². The minimum Gasteiger partial charge on any atom is -0.496 e. The van der Waals surface area contributed by atoms with Crippen molar-refractivity contribution in [3.8, 4) is 5.75 Å². The van der Waals surface area contributed by atoms with Crippen molar-refractivity contribution in [1.29, 1.82) is 0 Å². The Morgan fingerprint density at radius 2 is 2.11 bits per heavy atom. The maximum atomic E-state index is 13.8. The first-order valence-corrected chi connectivity index (χ1v) is 6.87. The molecule has 1 heterocycles. The van der Waals surface area contributed by atoms with Crippen LogP contribution in [-0.2, 0) is 6.54 Å². The third-order valence-corrected chi connectivity index (χ3v) is 3.86. The van der Waals surface area contributed by atoms with Crippen LogP contribution in [0.4, 0.5) is 4.39 Å². The highest BCUT2D eigenvalue weighted by Crippen LogP contribution is 2.32. The van der Waals surface area contributed by atoms with Crippen LogP contribution in [0.3, 0.4) is 0 Å². The lowest BCUT2D eigenvalue weighted by Gasteiger charge is -2.28. The molecule has 1 aliphatic heterocycles. The standard InChI is InChI=1S/C13H18BrFN2O/c1-9-12(15)11(14)7-10(13(9)18-2)8-17-5-3-16-4-6-17/h7,16H,3-6,8H2,1-2H3. The monoisotopic (exact) mass is 316 g/mol. The zero-order valence-corrected chi connectivity index (χ0v) is 12.3. The van der Waals surface area contributed by atoms with E-state index in [1.165, 1.54) is 0 Å². The minimum absolute atomic E-state index is 0.240. The Morgan fingerprint density at radius 1 is 1.44 bits per heavy atom. The van der Waals surface area contributed by atoms with Gasteiger partial charge in [0, 0.05) is 43.9 Å². The highest BCUT2D eigenvalue weighted by atomic mass is 79.9. The lowest BCUT2D eigenvalue weighted by atomic mass is 10.1. The van der Waals surface area contributed by atoms with Gasteiger partial charge in [-0.1, -0.05) is 0 Å². The van der Waals surface area contributed by atoms with Crippen molar-refractivity contribution >= 4 is 15.9 Å². The van der Waals surface area contributed by atoms with E-state index in [1.807, 2.05) is 6.07 Å². The average Bonchev–Trinajstić information content (AvgIpc) is 2.38. The second-order valence-corrected chi connectivity index (χ2v) is 5.37. The van der Waals surface area contributed by atoms with E-state index in [0.29, 0.717) is 15.8 Å². The molecule has 100 valence electrons. The predicted molar refractivity (Wildman–Crippen MR) is 73.5 cm³/mol. The number of hydrogen-bond donors (Lipinski definition) is 1. The minimum atomic E-state index is -0.240. The Labute approximate surface area is 115 Å². The summed E-state index contributed by atoms with van der Waals surface area (Å²) < 4.78 is 19.6. The van der Waals surface area contributed by atoms with Gasteiger partial charge in [0.2, 0.25) is 0 Å². The predicted octanol–water partition coefficient (Wildman–Crippen LogP) is 2.31. The summed E-state index contributed by atoms with van der Waals surface area (Å²) in [5.74, 6) is 0.421. The van der Waals surface area contributed by atoms with Crippen LogP contribution in [0.5, 0.6) is 5.75 Å². The maximum absolute atomic E-state index is 13.8. The second kappa shape index (κ2) is 5.99. The summed E-state index contributed by atoms with van der Waals surface area (Å²) in [6.45, 7) is 6.58. The molecule has 0 spiro atoms. The van der Waals surface area contributed by atoms with Crippen LogP contribution >= 0.6 is 15.9 Å². The maximum Gasteiger partial charge on any atom is 0.143 e. The first kappa shape index (κ1) is 13.8. The van der Waals surface area contributed by atoms with Gasteiger partial charge >= 0.3 is 0 Å². The van der Waals surface area contributed by atoms with Gasteiger partial charge < -0.3 is 10.1 Å². The van der Waals surface area contributed by atoms with Crippen LogP contribution in [0.1, 0.15) is 11.1 Å². The number of rotatable bonds is 3. The lowest BCUT2D eigenvalue weighted by Crippen LogP contribution is -2.42. The van der Waals surface area contributed by atoms with Crippen molar-refractivity contribution < 1.29 is 9.13 Å². The molecule has 0 aromatic heterocycles. The SMILES string of the molecule is COc1c(CN2CCNCC2)cc(Br)c(F)c1C. The Hall–Kier alpha value is -0.650. The van der Waals surface area contributed by atoms with Crippen LogP contribution in [-0.4, -0.2) is 38.2 Å². The molecule has 0 amide bonds. The molecule has 18 heavy (non-hydrogen) atoms. The molecular formula is C13H18BrFN2O. The van der Waals surface area contributed by atoms with Crippen molar-refractivity contribution in [2.45, 2.75) is 13.5 Å². The fourth-order valence-corrected chi connectivity index (χ4v) is 2.89. The van der Waals surface area contributed by atoms with Crippen LogP contribution in [0.25, 0.3) is 0 Å². The van der Waals surface area contributed by atoms with Gasteiger partial charge in [-0.05, 0) is 28.9 Å². The number of methoxy groups -OCH3 is 1. The third-order valence-electron chi connectivity index (χ3n) is 3.28. The Bertz CT molecular complexity index is 433. The molecular weight excluding hydrogens is 299 g/mol. The van der Waals surface area contributed by atoms with E-state index in [4.69, 9.17) is 4.74 Å². The molecule has 1 aromatic carbocycles. The number of halogens is 2. The second-order valence-electron chi connectivity index (χ2n) is 4.52. The van der Waals surface area contributed by atoms with Crippen LogP contribution in [0.2, 0.25) is 0 Å². The highest BCUT2D eigenvalue weighted by molar-refractivity contribution is 9.10. The smallest absolute Gasteiger partial charge is 0.143 e. The van der Waals surface area contributed by atoms with Crippen molar-refractivity contribution in [1.82, 2.24) is 10.2 Å². The van der Waals surface area contributed by atoms with Gasteiger partial charge in [-0.15, -0.1) is 0 Å². The summed E-state index contributed by atoms with van der Waals surface area (Å²) in [4.78, 5) is 2.35. The molecule has 0 radical (unpaired) electrons.